The van der Waals surface area contributed by atoms with Crippen molar-refractivity contribution < 1.29 is 9.59 Å². The summed E-state index contributed by atoms with van der Waals surface area (Å²) in [5, 5.41) is 3.05. The Bertz CT molecular complexity index is 969. The number of nitrogens with two attached hydrogens (primary N) is 1. The Morgan fingerprint density at radius 3 is 2.25 bits per heavy atom. The highest BCUT2D eigenvalue weighted by Gasteiger charge is 2.26. The summed E-state index contributed by atoms with van der Waals surface area (Å²) in [6, 6.07) is 19.4. The molecule has 6 heteroatoms. The normalized spacial score (nSPS) is 11.8. The van der Waals surface area contributed by atoms with Gasteiger partial charge in [-0.15, -0.1) is 23.1 Å². The predicted molar refractivity (Wildman–Crippen MR) is 117 cm³/mol. The van der Waals surface area contributed by atoms with Crippen molar-refractivity contribution >= 4 is 39.9 Å². The molecule has 2 amide bonds. The maximum Gasteiger partial charge on any atom is 0.251 e. The van der Waals surface area contributed by atoms with Crippen molar-refractivity contribution in [3.63, 3.8) is 0 Å². The number of thiophene rings is 1. The van der Waals surface area contributed by atoms with Gasteiger partial charge in [0.15, 0.2) is 0 Å². The van der Waals surface area contributed by atoms with Crippen LogP contribution < -0.4 is 11.1 Å². The standard InChI is InChI=1S/C22H22N2O2S2/c1-3-17-14(2)27-22(18(17)20(23)25)24-21(26)19(15-10-6-4-7-11-15)28-16-12-8-5-9-13-16/h4-13,19H,3H2,1-2H3,(H2,23,25)(H,24,26)/t19-/m0/s1. The average Bonchev–Trinajstić information content (AvgIpc) is 3.02. The number of aryl methyl sites for hydroxylation is 1. The van der Waals surface area contributed by atoms with Gasteiger partial charge in [-0.3, -0.25) is 9.59 Å². The van der Waals surface area contributed by atoms with Crippen molar-refractivity contribution in [1.82, 2.24) is 0 Å². The number of primary amides is 1. The number of thioether (sulfide) groups is 1. The molecule has 0 fully saturated rings. The number of amides is 2. The molecule has 0 aliphatic rings. The van der Waals surface area contributed by atoms with Crippen LogP contribution in [0.3, 0.4) is 0 Å². The zero-order chi connectivity index (χ0) is 20.1. The summed E-state index contributed by atoms with van der Waals surface area (Å²) in [6.07, 6.45) is 0.692. The van der Waals surface area contributed by atoms with E-state index in [9.17, 15) is 9.59 Å². The van der Waals surface area contributed by atoms with Crippen LogP contribution in [0.1, 0.15) is 38.5 Å². The first-order valence-corrected chi connectivity index (χ1v) is 10.7. The molecule has 0 saturated heterocycles. The van der Waals surface area contributed by atoms with Gasteiger partial charge in [0.05, 0.1) is 5.56 Å². The lowest BCUT2D eigenvalue weighted by Crippen LogP contribution is -2.21. The van der Waals surface area contributed by atoms with E-state index in [1.807, 2.05) is 74.5 Å². The number of rotatable bonds is 7. The van der Waals surface area contributed by atoms with E-state index in [1.165, 1.54) is 23.1 Å². The molecule has 3 rings (SSSR count). The van der Waals surface area contributed by atoms with Crippen LogP contribution in [0, 0.1) is 6.92 Å². The highest BCUT2D eigenvalue weighted by Crippen LogP contribution is 2.38. The van der Waals surface area contributed by atoms with Crippen LogP contribution in [0.4, 0.5) is 5.00 Å². The minimum atomic E-state index is -0.511. The second-order valence-corrected chi connectivity index (χ2v) is 8.67. The van der Waals surface area contributed by atoms with Crippen molar-refractivity contribution in [2.75, 3.05) is 5.32 Å². The van der Waals surface area contributed by atoms with Gasteiger partial charge in [0.1, 0.15) is 10.3 Å². The largest absolute Gasteiger partial charge is 0.365 e. The van der Waals surface area contributed by atoms with Gasteiger partial charge in [-0.2, -0.15) is 0 Å². The molecule has 3 aromatic rings. The molecule has 0 radical (unpaired) electrons. The van der Waals surface area contributed by atoms with Crippen LogP contribution in [0.15, 0.2) is 65.6 Å². The summed E-state index contributed by atoms with van der Waals surface area (Å²) in [5.74, 6) is -0.685. The Balaban J connectivity index is 1.93. The summed E-state index contributed by atoms with van der Waals surface area (Å²) >= 11 is 2.88. The maximum atomic E-state index is 13.2. The molecular formula is C22H22N2O2S2. The maximum absolute atomic E-state index is 13.2. The minimum absolute atomic E-state index is 0.175. The molecule has 0 bridgehead atoms. The smallest absolute Gasteiger partial charge is 0.251 e. The molecule has 0 aliphatic carbocycles. The Labute approximate surface area is 173 Å². The molecule has 2 aromatic carbocycles. The second-order valence-electron chi connectivity index (χ2n) is 6.27. The van der Waals surface area contributed by atoms with Gasteiger partial charge in [0, 0.05) is 9.77 Å². The Hall–Kier alpha value is -2.57. The molecule has 1 aromatic heterocycles. The van der Waals surface area contributed by atoms with Gasteiger partial charge in [0.2, 0.25) is 5.91 Å². The fourth-order valence-corrected chi connectivity index (χ4v) is 5.27. The summed E-state index contributed by atoms with van der Waals surface area (Å²) in [6.45, 7) is 3.92. The summed E-state index contributed by atoms with van der Waals surface area (Å²) < 4.78 is 0. The second kappa shape index (κ2) is 9.08. The Morgan fingerprint density at radius 2 is 1.68 bits per heavy atom. The number of carbonyl (C=O) groups is 2. The molecule has 1 atom stereocenters. The van der Waals surface area contributed by atoms with Gasteiger partial charge in [-0.1, -0.05) is 55.5 Å². The molecular weight excluding hydrogens is 388 g/mol. The highest BCUT2D eigenvalue weighted by molar-refractivity contribution is 8.00. The van der Waals surface area contributed by atoms with Crippen molar-refractivity contribution in [2.45, 2.75) is 30.4 Å². The van der Waals surface area contributed by atoms with Crippen molar-refractivity contribution in [1.29, 1.82) is 0 Å². The number of benzene rings is 2. The van der Waals surface area contributed by atoms with E-state index in [2.05, 4.69) is 5.32 Å². The topological polar surface area (TPSA) is 72.2 Å². The Kier molecular flexibility index (Phi) is 6.54. The third kappa shape index (κ3) is 4.46. The number of carbonyl (C=O) groups excluding carboxylic acids is 2. The number of hydrogen-bond donors (Lipinski definition) is 2. The SMILES string of the molecule is CCc1c(C)sc(NC(=O)[C@@H](Sc2ccccc2)c2ccccc2)c1C(N)=O. The Morgan fingerprint density at radius 1 is 1.07 bits per heavy atom. The lowest BCUT2D eigenvalue weighted by Gasteiger charge is -2.17. The van der Waals surface area contributed by atoms with Gasteiger partial charge in [-0.25, -0.2) is 0 Å². The van der Waals surface area contributed by atoms with Crippen LogP contribution >= 0.6 is 23.1 Å². The lowest BCUT2D eigenvalue weighted by atomic mass is 10.1. The summed E-state index contributed by atoms with van der Waals surface area (Å²) in [5.41, 5.74) is 7.83. The van der Waals surface area contributed by atoms with E-state index in [-0.39, 0.29) is 5.91 Å². The van der Waals surface area contributed by atoms with Gasteiger partial charge in [0.25, 0.3) is 5.91 Å². The summed E-state index contributed by atoms with van der Waals surface area (Å²) in [7, 11) is 0. The lowest BCUT2D eigenvalue weighted by molar-refractivity contribution is -0.115. The molecule has 0 spiro atoms. The summed E-state index contributed by atoms with van der Waals surface area (Å²) in [4.78, 5) is 27.2. The zero-order valence-electron chi connectivity index (χ0n) is 15.8. The first-order chi connectivity index (χ1) is 13.5. The molecule has 1 heterocycles. The molecule has 144 valence electrons. The van der Waals surface area contributed by atoms with Crippen LogP contribution in [0.2, 0.25) is 0 Å². The monoisotopic (exact) mass is 410 g/mol. The van der Waals surface area contributed by atoms with Crippen LogP contribution in [-0.2, 0) is 11.2 Å². The molecule has 3 N–H and O–H groups in total. The van der Waals surface area contributed by atoms with Gasteiger partial charge < -0.3 is 11.1 Å². The first-order valence-electron chi connectivity index (χ1n) is 9.00. The van der Waals surface area contributed by atoms with Crippen molar-refractivity contribution in [3.8, 4) is 0 Å². The average molecular weight is 411 g/mol. The molecule has 28 heavy (non-hydrogen) atoms. The first kappa shape index (κ1) is 20.2. The van der Waals surface area contributed by atoms with Crippen LogP contribution in [-0.4, -0.2) is 11.8 Å². The van der Waals surface area contributed by atoms with Crippen molar-refractivity contribution in [3.05, 3.63) is 82.2 Å². The van der Waals surface area contributed by atoms with Crippen molar-refractivity contribution in [2.24, 2.45) is 5.73 Å². The molecule has 0 saturated carbocycles. The number of nitrogens with one attached hydrogen (secondary N) is 1. The fraction of sp³-hybridized carbons (Fsp3) is 0.182. The molecule has 4 nitrogen and oxygen atoms in total. The predicted octanol–water partition coefficient (Wildman–Crippen LogP) is 5.19. The fourth-order valence-electron chi connectivity index (χ4n) is 3.07. The number of anilines is 1. The van der Waals surface area contributed by atoms with E-state index in [1.54, 1.807) is 0 Å². The molecule has 0 aliphatic heterocycles. The number of hydrogen-bond acceptors (Lipinski definition) is 4. The van der Waals surface area contributed by atoms with E-state index >= 15 is 0 Å². The quantitative estimate of drug-likeness (QED) is 0.527. The van der Waals surface area contributed by atoms with Gasteiger partial charge >= 0.3 is 0 Å². The van der Waals surface area contributed by atoms with Crippen LogP contribution in [0.25, 0.3) is 0 Å². The highest BCUT2D eigenvalue weighted by atomic mass is 32.2. The van der Waals surface area contributed by atoms with Crippen LogP contribution in [0.5, 0.6) is 0 Å². The molecule has 0 unspecified atom stereocenters. The minimum Gasteiger partial charge on any atom is -0.365 e. The van der Waals surface area contributed by atoms with E-state index in [0.29, 0.717) is 17.0 Å². The third-order valence-corrected chi connectivity index (χ3v) is 6.71. The third-order valence-electron chi connectivity index (χ3n) is 4.38. The van der Waals surface area contributed by atoms with E-state index in [0.717, 1.165) is 20.9 Å². The van der Waals surface area contributed by atoms with Gasteiger partial charge in [-0.05, 0) is 36.6 Å². The zero-order valence-corrected chi connectivity index (χ0v) is 17.4. The van der Waals surface area contributed by atoms with E-state index in [4.69, 9.17) is 5.73 Å². The van der Waals surface area contributed by atoms with E-state index < -0.39 is 11.2 Å².